The number of anilines is 1. The molecule has 2 heterocycles. The van der Waals surface area contributed by atoms with Gasteiger partial charge in [-0.15, -0.1) is 12.6 Å². The second kappa shape index (κ2) is 23.6. The van der Waals surface area contributed by atoms with E-state index in [-0.39, 0.29) is 74.3 Å². The molecule has 2 aromatic carbocycles. The van der Waals surface area contributed by atoms with Gasteiger partial charge in [-0.25, -0.2) is 27.6 Å². The number of benzene rings is 2. The van der Waals surface area contributed by atoms with E-state index in [0.29, 0.717) is 34.6 Å². The number of rotatable bonds is 21. The smallest absolute Gasteiger partial charge is 0.425 e. The van der Waals surface area contributed by atoms with Crippen LogP contribution in [0.15, 0.2) is 60.3 Å². The van der Waals surface area contributed by atoms with E-state index in [0.717, 1.165) is 6.07 Å². The first-order chi connectivity index (χ1) is 30.8. The molecule has 22 nitrogen and oxygen atoms in total. The van der Waals surface area contributed by atoms with Crippen LogP contribution in [0.5, 0.6) is 0 Å². The van der Waals surface area contributed by atoms with Crippen LogP contribution in [0.2, 0.25) is 0 Å². The summed E-state index contributed by atoms with van der Waals surface area (Å²) < 4.78 is 137. The molecule has 2 aliphatic rings. The summed E-state index contributed by atoms with van der Waals surface area (Å²) in [6, 6.07) is 4.99. The molecule has 0 fully saturated rings. The zero-order valence-electron chi connectivity index (χ0n) is 36.8. The van der Waals surface area contributed by atoms with Gasteiger partial charge >= 0.3 is 34.5 Å². The van der Waals surface area contributed by atoms with Crippen molar-refractivity contribution < 1.29 is 95.0 Å². The van der Waals surface area contributed by atoms with E-state index in [1.807, 2.05) is 0 Å². The second-order valence-electron chi connectivity index (χ2n) is 16.1. The molecule has 0 amide bonds. The molecule has 0 radical (unpaired) electrons. The highest BCUT2D eigenvalue weighted by atomic mass is 32.2. The number of carboxylic acid groups (broad SMARTS) is 2. The molecule has 0 aliphatic carbocycles. The third-order valence-electron chi connectivity index (χ3n) is 10.4. The summed E-state index contributed by atoms with van der Waals surface area (Å²) in [5, 5.41) is 19.9. The van der Waals surface area contributed by atoms with Crippen molar-refractivity contribution in [1.29, 1.82) is 0 Å². The number of allylic oxidation sites excluding steroid dienone is 6. The number of carbonyl (C=O) groups is 4. The minimum absolute atomic E-state index is 0. The Labute approximate surface area is 396 Å². The van der Waals surface area contributed by atoms with Crippen LogP contribution in [0.4, 0.5) is 11.4 Å². The van der Waals surface area contributed by atoms with E-state index < -0.39 is 99.5 Å². The number of carboxylic acids is 2. The number of ether oxygens (including phenoxy) is 2. The highest BCUT2D eigenvalue weighted by Gasteiger charge is 2.48. The van der Waals surface area contributed by atoms with E-state index in [9.17, 15) is 63.8 Å². The zero-order valence-corrected chi connectivity index (χ0v) is 40.1. The Balaban J connectivity index is 0.00000305. The van der Waals surface area contributed by atoms with Gasteiger partial charge in [0.2, 0.25) is 5.69 Å². The Morgan fingerprint density at radius 3 is 1.76 bits per heavy atom. The van der Waals surface area contributed by atoms with Crippen LogP contribution in [-0.4, -0.2) is 139 Å². The summed E-state index contributed by atoms with van der Waals surface area (Å²) in [5.41, 5.74) is -0.608. The molecule has 0 bridgehead atoms. The largest absolute Gasteiger partial charge is 0.748 e. The van der Waals surface area contributed by atoms with Crippen LogP contribution >= 0.6 is 0 Å². The van der Waals surface area contributed by atoms with Gasteiger partial charge in [0.05, 0.1) is 68.1 Å². The third-order valence-corrected chi connectivity index (χ3v) is 12.8. The predicted octanol–water partition coefficient (Wildman–Crippen LogP) is 4.10. The van der Waals surface area contributed by atoms with Crippen LogP contribution in [0.25, 0.3) is 0 Å². The molecular formula is C42H54N2O20S4. The maximum atomic E-state index is 13.5. The fourth-order valence-corrected chi connectivity index (χ4v) is 9.21. The molecular weight excluding hydrogens is 981 g/mol. The second-order valence-corrected chi connectivity index (χ2v) is 21.1. The van der Waals surface area contributed by atoms with Gasteiger partial charge in [-0.2, -0.15) is 21.4 Å². The Hall–Kier alpha value is -5.64. The fourth-order valence-electron chi connectivity index (χ4n) is 7.75. The first-order valence-corrected chi connectivity index (χ1v) is 25.9. The summed E-state index contributed by atoms with van der Waals surface area (Å²) in [4.78, 5) is 53.0. The monoisotopic (exact) mass is 1030 g/mol. The number of esters is 2. The molecule has 2 aromatic rings. The summed E-state index contributed by atoms with van der Waals surface area (Å²) in [5.74, 6) is -6.53. The van der Waals surface area contributed by atoms with E-state index >= 15 is 0 Å². The maximum absolute atomic E-state index is 13.5. The molecule has 4 rings (SSSR count). The lowest BCUT2D eigenvalue weighted by Gasteiger charge is -2.27. The Morgan fingerprint density at radius 2 is 1.25 bits per heavy atom. The zero-order chi connectivity index (χ0) is 50.9. The highest BCUT2D eigenvalue weighted by molar-refractivity contribution is 7.86. The van der Waals surface area contributed by atoms with Crippen molar-refractivity contribution in [2.45, 2.75) is 78.6 Å². The number of hydrogen-bond acceptors (Lipinski definition) is 17. The maximum Gasteiger partial charge on any atom is 0.425 e. The topological polar surface area (TPSA) is 351 Å². The van der Waals surface area contributed by atoms with Crippen molar-refractivity contribution in [3.63, 3.8) is 0 Å². The summed E-state index contributed by atoms with van der Waals surface area (Å²) in [6.45, 7) is 8.32. The van der Waals surface area contributed by atoms with Crippen molar-refractivity contribution in [1.82, 2.24) is 0 Å². The molecule has 0 saturated heterocycles. The Bertz CT molecular complexity index is 2870. The number of carbonyl (C=O) groups excluding carboxylic acids is 2. The number of fused-ring (bicyclic) bond motifs is 2. The van der Waals surface area contributed by atoms with Gasteiger partial charge in [0, 0.05) is 53.2 Å². The summed E-state index contributed by atoms with van der Waals surface area (Å²) in [7, 11) is -16.5. The molecule has 26 heteroatoms. The third kappa shape index (κ3) is 15.7. The van der Waals surface area contributed by atoms with E-state index in [4.69, 9.17) is 26.7 Å². The van der Waals surface area contributed by atoms with Crippen molar-refractivity contribution in [3.8, 4) is 0 Å². The molecule has 0 atom stereocenters. The molecule has 2 aliphatic heterocycles. The first kappa shape index (κ1) is 58.5. The number of nitrogens with zero attached hydrogens (tertiary/aromatic N) is 2. The minimum atomic E-state index is -4.62. The SMILES string of the molecule is C.CCCOC(=O)c1cc(C(=O)O)cc2c1C(C)(C)C(/C=C/C=C/C=C1/N(CCCS(=O)(=O)O)c3cc(C(=O)O)cc(C(=O)OCCCS(=O)(=O)O)c3C1(C)C)=[N+]2CCCS(=O)(=O)[O-].O=S(=O)=O. The van der Waals surface area contributed by atoms with Gasteiger partial charge in [-0.05, 0) is 57.4 Å². The molecule has 0 saturated carbocycles. The van der Waals surface area contributed by atoms with Crippen molar-refractivity contribution in [3.05, 3.63) is 93.7 Å². The van der Waals surface area contributed by atoms with Crippen LogP contribution < -0.4 is 4.90 Å². The Kier molecular flexibility index (Phi) is 20.3. The summed E-state index contributed by atoms with van der Waals surface area (Å²) in [6.07, 6.45) is 8.09. The molecule has 0 spiro atoms. The van der Waals surface area contributed by atoms with Gasteiger partial charge in [0.1, 0.15) is 6.54 Å². The molecule has 376 valence electrons. The lowest BCUT2D eigenvalue weighted by atomic mass is 9.78. The van der Waals surface area contributed by atoms with Crippen molar-refractivity contribution in [2.75, 3.05) is 48.5 Å². The average Bonchev–Trinajstić information content (AvgIpc) is 3.53. The lowest BCUT2D eigenvalue weighted by Crippen LogP contribution is -2.29. The standard InChI is InChI=1S/C41H50N2O17S3.CH4.O3S/c1-6-17-59-38(48)28-22-26(36(44)45)24-30-34(28)40(2,3)32(42(30)15-10-19-61(50,51)52)13-8-7-9-14-33-41(4,5)35-29(39(49)60-18-12-21-63(56,57)58)23-27(37(46)47)25-31(35)43(33)16-11-20-62(53,54)55;;1-4(2)3/h7-9,13-14,22-25H,6,10-12,15-21H2,1-5H3,(H4-,44,45,46,47,50,51,52,53,54,55,56,57,58);1H4;. The average molecular weight is 1040 g/mol. The van der Waals surface area contributed by atoms with Crippen molar-refractivity contribution in [2.24, 2.45) is 0 Å². The van der Waals surface area contributed by atoms with Gasteiger partial charge in [-0.1, -0.05) is 46.4 Å². The minimum Gasteiger partial charge on any atom is -0.748 e. The molecule has 4 N–H and O–H groups in total. The highest BCUT2D eigenvalue weighted by Crippen LogP contribution is 2.50. The van der Waals surface area contributed by atoms with Crippen molar-refractivity contribution >= 4 is 81.9 Å². The quantitative estimate of drug-likeness (QED) is 0.0449. The number of aromatic carboxylic acids is 2. The van der Waals surface area contributed by atoms with Gasteiger partial charge < -0.3 is 29.1 Å². The predicted molar refractivity (Wildman–Crippen MR) is 245 cm³/mol. The van der Waals surface area contributed by atoms with Gasteiger partial charge in [-0.3, -0.25) is 9.11 Å². The van der Waals surface area contributed by atoms with Gasteiger partial charge in [0.25, 0.3) is 20.2 Å². The Morgan fingerprint density at radius 1 is 0.735 bits per heavy atom. The molecule has 68 heavy (non-hydrogen) atoms. The van der Waals surface area contributed by atoms with Gasteiger partial charge in [0.15, 0.2) is 5.71 Å². The van der Waals surface area contributed by atoms with E-state index in [1.165, 1.54) is 18.2 Å². The molecule has 0 aromatic heterocycles. The molecule has 0 unspecified atom stereocenters. The lowest BCUT2D eigenvalue weighted by molar-refractivity contribution is -0.437. The summed E-state index contributed by atoms with van der Waals surface area (Å²) >= 11 is 0. The van der Waals surface area contributed by atoms with E-state index in [2.05, 4.69) is 0 Å². The van der Waals surface area contributed by atoms with E-state index in [1.54, 1.807) is 74.5 Å². The van der Waals surface area contributed by atoms with Crippen LogP contribution in [0, 0.1) is 0 Å². The normalized spacial score (nSPS) is 15.6. The number of hydrogen-bond donors (Lipinski definition) is 4. The van der Waals surface area contributed by atoms with Crippen LogP contribution in [-0.2, 0) is 61.3 Å². The van der Waals surface area contributed by atoms with Crippen LogP contribution in [0.3, 0.4) is 0 Å². The fraction of sp³-hybridized carbons (Fsp3) is 0.452. The van der Waals surface area contributed by atoms with Crippen LogP contribution in [0.1, 0.15) is 120 Å². The first-order valence-electron chi connectivity index (χ1n) is 20.1.